The van der Waals surface area contributed by atoms with Crippen LogP contribution in [0.1, 0.15) is 41.3 Å². The van der Waals surface area contributed by atoms with E-state index < -0.39 is 0 Å². The predicted octanol–water partition coefficient (Wildman–Crippen LogP) is 5.37. The number of ether oxygens (including phenoxy) is 1. The van der Waals surface area contributed by atoms with Crippen LogP contribution in [0.15, 0.2) is 40.9 Å². The number of carbonyl (C=O) groups is 1. The Hall–Kier alpha value is -1.92. The Morgan fingerprint density at radius 1 is 1.19 bits per heavy atom. The van der Waals surface area contributed by atoms with Crippen molar-refractivity contribution >= 4 is 44.9 Å². The van der Waals surface area contributed by atoms with Gasteiger partial charge >= 0.3 is 0 Å². The van der Waals surface area contributed by atoms with Crippen LogP contribution in [0, 0.1) is 13.8 Å². The van der Waals surface area contributed by atoms with E-state index in [-0.39, 0.29) is 11.0 Å². The molecule has 0 spiro atoms. The van der Waals surface area contributed by atoms with Crippen molar-refractivity contribution in [1.82, 2.24) is 5.32 Å². The maximum absolute atomic E-state index is 12.4. The summed E-state index contributed by atoms with van der Waals surface area (Å²) in [6.07, 6.45) is 2.07. The van der Waals surface area contributed by atoms with Crippen molar-refractivity contribution in [3.8, 4) is 5.75 Å². The Morgan fingerprint density at radius 3 is 2.50 bits per heavy atom. The molecule has 0 aromatic heterocycles. The fourth-order valence-electron chi connectivity index (χ4n) is 2.42. The zero-order chi connectivity index (χ0) is 19.1. The van der Waals surface area contributed by atoms with Crippen molar-refractivity contribution in [1.29, 1.82) is 0 Å². The molecule has 6 heteroatoms. The lowest BCUT2D eigenvalue weighted by atomic mass is 10.1. The molecule has 0 bridgehead atoms. The molecule has 138 valence electrons. The summed E-state index contributed by atoms with van der Waals surface area (Å²) in [5.41, 5.74) is 3.56. The highest BCUT2D eigenvalue weighted by atomic mass is 79.9. The topological polar surface area (TPSA) is 50.4 Å². The SMILES string of the molecule is CCCCOc1ccc(C(=O)NC(=S)Nc2c(C)cccc2C)cc1Br. The van der Waals surface area contributed by atoms with Gasteiger partial charge in [0.15, 0.2) is 5.11 Å². The van der Waals surface area contributed by atoms with Crippen LogP contribution in [-0.4, -0.2) is 17.6 Å². The number of hydrogen-bond donors (Lipinski definition) is 2. The van der Waals surface area contributed by atoms with E-state index in [0.717, 1.165) is 39.9 Å². The number of anilines is 1. The van der Waals surface area contributed by atoms with Crippen LogP contribution in [0.25, 0.3) is 0 Å². The lowest BCUT2D eigenvalue weighted by Crippen LogP contribution is -2.34. The van der Waals surface area contributed by atoms with Gasteiger partial charge in [0, 0.05) is 11.3 Å². The fourth-order valence-corrected chi connectivity index (χ4v) is 3.11. The summed E-state index contributed by atoms with van der Waals surface area (Å²) in [5.74, 6) is 0.459. The van der Waals surface area contributed by atoms with Crippen LogP contribution in [0.3, 0.4) is 0 Å². The summed E-state index contributed by atoms with van der Waals surface area (Å²) >= 11 is 8.73. The van der Waals surface area contributed by atoms with E-state index >= 15 is 0 Å². The number of hydrogen-bond acceptors (Lipinski definition) is 3. The standard InChI is InChI=1S/C20H23BrN2O2S/c1-4-5-11-25-17-10-9-15(12-16(17)21)19(24)23-20(26)22-18-13(2)7-6-8-14(18)3/h6-10,12H,4-5,11H2,1-3H3,(H2,22,23,24,26). The van der Waals surface area contributed by atoms with Crippen molar-refractivity contribution in [3.63, 3.8) is 0 Å². The van der Waals surface area contributed by atoms with Gasteiger partial charge in [0.2, 0.25) is 0 Å². The van der Waals surface area contributed by atoms with Crippen molar-refractivity contribution in [2.24, 2.45) is 0 Å². The second-order valence-electron chi connectivity index (χ2n) is 6.02. The zero-order valence-electron chi connectivity index (χ0n) is 15.2. The first-order valence-corrected chi connectivity index (χ1v) is 9.73. The van der Waals surface area contributed by atoms with E-state index in [9.17, 15) is 4.79 Å². The normalized spacial score (nSPS) is 10.3. The van der Waals surface area contributed by atoms with Gasteiger partial charge < -0.3 is 10.1 Å². The minimum Gasteiger partial charge on any atom is -0.492 e. The lowest BCUT2D eigenvalue weighted by molar-refractivity contribution is 0.0977. The van der Waals surface area contributed by atoms with E-state index in [1.165, 1.54) is 0 Å². The van der Waals surface area contributed by atoms with E-state index in [1.54, 1.807) is 18.2 Å². The van der Waals surface area contributed by atoms with Crippen molar-refractivity contribution in [2.45, 2.75) is 33.6 Å². The molecule has 0 unspecified atom stereocenters. The number of nitrogens with one attached hydrogen (secondary N) is 2. The van der Waals surface area contributed by atoms with Crippen molar-refractivity contribution in [2.75, 3.05) is 11.9 Å². The number of amides is 1. The first-order chi connectivity index (χ1) is 12.4. The van der Waals surface area contributed by atoms with E-state index in [2.05, 4.69) is 33.5 Å². The van der Waals surface area contributed by atoms with E-state index in [0.29, 0.717) is 12.2 Å². The molecule has 1 amide bonds. The van der Waals surface area contributed by atoms with Crippen LogP contribution in [0.2, 0.25) is 0 Å². The zero-order valence-corrected chi connectivity index (χ0v) is 17.6. The number of para-hydroxylation sites is 1. The highest BCUT2D eigenvalue weighted by Crippen LogP contribution is 2.26. The van der Waals surface area contributed by atoms with Crippen molar-refractivity contribution < 1.29 is 9.53 Å². The second-order valence-corrected chi connectivity index (χ2v) is 7.28. The third-order valence-electron chi connectivity index (χ3n) is 3.90. The molecule has 0 atom stereocenters. The molecule has 0 fully saturated rings. The number of halogens is 1. The average Bonchev–Trinajstić information content (AvgIpc) is 2.59. The minimum atomic E-state index is -0.269. The van der Waals surface area contributed by atoms with Gasteiger partial charge in [-0.25, -0.2) is 0 Å². The molecule has 2 rings (SSSR count). The van der Waals surface area contributed by atoms with Gasteiger partial charge in [0.25, 0.3) is 5.91 Å². The van der Waals surface area contributed by atoms with Crippen LogP contribution in [0.4, 0.5) is 5.69 Å². The second kappa shape index (κ2) is 9.69. The molecular weight excluding hydrogens is 412 g/mol. The summed E-state index contributed by atoms with van der Waals surface area (Å²) in [6.45, 7) is 6.76. The molecule has 26 heavy (non-hydrogen) atoms. The molecule has 0 heterocycles. The number of rotatable bonds is 6. The van der Waals surface area contributed by atoms with Gasteiger partial charge in [-0.15, -0.1) is 0 Å². The summed E-state index contributed by atoms with van der Waals surface area (Å²) in [6, 6.07) is 11.2. The van der Waals surface area contributed by atoms with Crippen LogP contribution in [-0.2, 0) is 0 Å². The highest BCUT2D eigenvalue weighted by molar-refractivity contribution is 9.10. The summed E-state index contributed by atoms with van der Waals surface area (Å²) in [4.78, 5) is 12.4. The first kappa shape index (κ1) is 20.4. The molecule has 4 nitrogen and oxygen atoms in total. The number of aryl methyl sites for hydroxylation is 2. The number of unbranched alkanes of at least 4 members (excludes halogenated alkanes) is 1. The number of carbonyl (C=O) groups excluding carboxylic acids is 1. The Balaban J connectivity index is 2.00. The van der Waals surface area contributed by atoms with Gasteiger partial charge in [-0.05, 0) is 77.7 Å². The van der Waals surface area contributed by atoms with Crippen LogP contribution < -0.4 is 15.4 Å². The minimum absolute atomic E-state index is 0.269. The van der Waals surface area contributed by atoms with Crippen molar-refractivity contribution in [3.05, 3.63) is 57.6 Å². The van der Waals surface area contributed by atoms with Gasteiger partial charge in [-0.3, -0.25) is 10.1 Å². The molecule has 0 aliphatic heterocycles. The Labute approximate surface area is 168 Å². The molecule has 0 aliphatic rings. The molecule has 2 aromatic rings. The van der Waals surface area contributed by atoms with Crippen LogP contribution >= 0.6 is 28.1 Å². The third kappa shape index (κ3) is 5.54. The molecule has 0 saturated carbocycles. The predicted molar refractivity (Wildman–Crippen MR) is 114 cm³/mol. The number of benzene rings is 2. The Bertz CT molecular complexity index is 788. The van der Waals surface area contributed by atoms with Gasteiger partial charge in [0.1, 0.15) is 5.75 Å². The van der Waals surface area contributed by atoms with Gasteiger partial charge in [-0.2, -0.15) is 0 Å². The Kier molecular flexibility index (Phi) is 7.60. The first-order valence-electron chi connectivity index (χ1n) is 8.53. The largest absolute Gasteiger partial charge is 0.492 e. The molecular formula is C20H23BrN2O2S. The Morgan fingerprint density at radius 2 is 1.88 bits per heavy atom. The quantitative estimate of drug-likeness (QED) is 0.473. The molecule has 0 saturated heterocycles. The summed E-state index contributed by atoms with van der Waals surface area (Å²) in [5, 5.41) is 6.09. The molecule has 0 radical (unpaired) electrons. The summed E-state index contributed by atoms with van der Waals surface area (Å²) < 4.78 is 6.43. The summed E-state index contributed by atoms with van der Waals surface area (Å²) in [7, 11) is 0. The lowest BCUT2D eigenvalue weighted by Gasteiger charge is -2.14. The maximum Gasteiger partial charge on any atom is 0.257 e. The highest BCUT2D eigenvalue weighted by Gasteiger charge is 2.12. The fraction of sp³-hybridized carbons (Fsp3) is 0.300. The van der Waals surface area contributed by atoms with Gasteiger partial charge in [-0.1, -0.05) is 31.5 Å². The maximum atomic E-state index is 12.4. The third-order valence-corrected chi connectivity index (χ3v) is 4.72. The molecule has 2 aromatic carbocycles. The smallest absolute Gasteiger partial charge is 0.257 e. The molecule has 0 aliphatic carbocycles. The monoisotopic (exact) mass is 434 g/mol. The molecule has 2 N–H and O–H groups in total. The average molecular weight is 435 g/mol. The number of thiocarbonyl (C=S) groups is 1. The van der Waals surface area contributed by atoms with E-state index in [1.807, 2.05) is 32.0 Å². The van der Waals surface area contributed by atoms with E-state index in [4.69, 9.17) is 17.0 Å². The van der Waals surface area contributed by atoms with Gasteiger partial charge in [0.05, 0.1) is 11.1 Å². The van der Waals surface area contributed by atoms with Crippen LogP contribution in [0.5, 0.6) is 5.75 Å².